The van der Waals surface area contributed by atoms with Crippen LogP contribution in [0.2, 0.25) is 0 Å². The first kappa shape index (κ1) is 16.7. The predicted molar refractivity (Wildman–Crippen MR) is 95.9 cm³/mol. The summed E-state index contributed by atoms with van der Waals surface area (Å²) in [5.41, 5.74) is 3.30. The molecule has 0 aliphatic heterocycles. The summed E-state index contributed by atoms with van der Waals surface area (Å²) < 4.78 is 1.19. The fourth-order valence-corrected chi connectivity index (χ4v) is 4.27. The minimum Gasteiger partial charge on any atom is -0.481 e. The largest absolute Gasteiger partial charge is 0.481 e. The van der Waals surface area contributed by atoms with E-state index in [4.69, 9.17) is 0 Å². The lowest BCUT2D eigenvalue weighted by atomic mass is 9.76. The normalized spacial score (nSPS) is 21.1. The van der Waals surface area contributed by atoms with Crippen LogP contribution in [0.3, 0.4) is 0 Å². The molecule has 2 N–H and O–H groups in total. The Balaban J connectivity index is 1.73. The van der Waals surface area contributed by atoms with Crippen LogP contribution in [0.4, 0.5) is 0 Å². The Morgan fingerprint density at radius 3 is 2.54 bits per heavy atom. The number of carbonyl (C=O) groups excluding carboxylic acids is 1. The number of fused-ring (bicyclic) bond motifs is 1. The molecule has 0 unspecified atom stereocenters. The summed E-state index contributed by atoms with van der Waals surface area (Å²) in [6, 6.07) is 8.09. The molecule has 2 aromatic rings. The van der Waals surface area contributed by atoms with Crippen LogP contribution in [0, 0.1) is 11.8 Å². The monoisotopic (exact) mass is 343 g/mol. The maximum atomic E-state index is 12.6. The third kappa shape index (κ3) is 3.22. The van der Waals surface area contributed by atoms with E-state index >= 15 is 0 Å². The molecule has 0 bridgehead atoms. The highest BCUT2D eigenvalue weighted by atomic mass is 32.1. The minimum atomic E-state index is -0.886. The van der Waals surface area contributed by atoms with Crippen molar-refractivity contribution in [2.24, 2.45) is 11.8 Å². The Labute approximate surface area is 145 Å². The number of amides is 1. The Morgan fingerprint density at radius 2 is 1.83 bits per heavy atom. The van der Waals surface area contributed by atoms with Gasteiger partial charge >= 0.3 is 5.97 Å². The lowest BCUT2D eigenvalue weighted by molar-refractivity contribution is -0.147. The van der Waals surface area contributed by atoms with Gasteiger partial charge in [-0.1, -0.05) is 29.3 Å². The first-order valence-corrected chi connectivity index (χ1v) is 8.96. The third-order valence-electron chi connectivity index (χ3n) is 4.93. The van der Waals surface area contributed by atoms with Crippen molar-refractivity contribution < 1.29 is 14.7 Å². The van der Waals surface area contributed by atoms with Gasteiger partial charge in [0, 0.05) is 11.2 Å². The lowest BCUT2D eigenvalue weighted by Gasteiger charge is -2.29. The van der Waals surface area contributed by atoms with E-state index in [9.17, 15) is 14.7 Å². The van der Waals surface area contributed by atoms with E-state index in [2.05, 4.69) is 16.8 Å². The van der Waals surface area contributed by atoms with Crippen LogP contribution >= 0.6 is 11.3 Å². The van der Waals surface area contributed by atoms with Crippen molar-refractivity contribution in [3.8, 4) is 0 Å². The summed E-state index contributed by atoms with van der Waals surface area (Å²) in [5, 5.41) is 15.6. The van der Waals surface area contributed by atoms with Gasteiger partial charge in [0.05, 0.1) is 11.8 Å². The summed E-state index contributed by atoms with van der Waals surface area (Å²) in [6.45, 7) is 4.38. The van der Waals surface area contributed by atoms with E-state index in [1.807, 2.05) is 32.0 Å². The van der Waals surface area contributed by atoms with Gasteiger partial charge in [-0.3, -0.25) is 9.59 Å². The number of carbonyl (C=O) groups is 2. The van der Waals surface area contributed by atoms with Gasteiger partial charge in [-0.25, -0.2) is 0 Å². The predicted octanol–water partition coefficient (Wildman–Crippen LogP) is 3.96. The van der Waals surface area contributed by atoms with E-state index in [-0.39, 0.29) is 5.91 Å². The molecule has 0 spiro atoms. The van der Waals surface area contributed by atoms with Gasteiger partial charge in [0.15, 0.2) is 0 Å². The first-order valence-electron chi connectivity index (χ1n) is 8.08. The number of thiophene rings is 1. The number of hydrogen-bond acceptors (Lipinski definition) is 3. The van der Waals surface area contributed by atoms with E-state index in [0.717, 1.165) is 22.1 Å². The second kappa shape index (κ2) is 6.77. The molecule has 3 rings (SSSR count). The van der Waals surface area contributed by atoms with Gasteiger partial charge in [-0.15, -0.1) is 11.3 Å². The topological polar surface area (TPSA) is 66.4 Å². The molecule has 0 fully saturated rings. The Bertz CT molecular complexity index is 821. The van der Waals surface area contributed by atoms with Crippen LogP contribution < -0.4 is 5.32 Å². The molecular formula is C19H21NO3S. The number of aliphatic carboxylic acids is 1. The molecule has 4 nitrogen and oxygen atoms in total. The Morgan fingerprint density at radius 1 is 1.17 bits per heavy atom. The molecule has 5 heteroatoms. The third-order valence-corrected chi connectivity index (χ3v) is 5.95. The highest BCUT2D eigenvalue weighted by Crippen LogP contribution is 2.34. The number of rotatable bonds is 4. The fraction of sp³-hybridized carbons (Fsp3) is 0.368. The molecule has 0 saturated heterocycles. The molecule has 1 aromatic carbocycles. The Hall–Kier alpha value is -2.14. The van der Waals surface area contributed by atoms with Crippen molar-refractivity contribution in [1.29, 1.82) is 0 Å². The van der Waals surface area contributed by atoms with Crippen LogP contribution in [0.1, 0.15) is 32.3 Å². The molecular weight excluding hydrogens is 322 g/mol. The van der Waals surface area contributed by atoms with Crippen molar-refractivity contribution in [3.05, 3.63) is 46.4 Å². The number of allylic oxidation sites excluding steroid dienone is 2. The zero-order valence-electron chi connectivity index (χ0n) is 13.8. The van der Waals surface area contributed by atoms with Crippen LogP contribution in [0.15, 0.2) is 40.8 Å². The zero-order valence-corrected chi connectivity index (χ0v) is 14.7. The maximum absolute atomic E-state index is 12.6. The van der Waals surface area contributed by atoms with Gasteiger partial charge in [-0.05, 0) is 49.1 Å². The summed E-state index contributed by atoms with van der Waals surface area (Å²) in [5.74, 6) is -2.17. The number of nitrogens with one attached hydrogen (secondary N) is 1. The fourth-order valence-electron chi connectivity index (χ4n) is 3.31. The molecule has 1 aliphatic rings. The molecule has 24 heavy (non-hydrogen) atoms. The summed E-state index contributed by atoms with van der Waals surface area (Å²) in [6.07, 6.45) is 0.986. The van der Waals surface area contributed by atoms with Crippen molar-refractivity contribution in [1.82, 2.24) is 5.32 Å². The molecule has 126 valence electrons. The van der Waals surface area contributed by atoms with E-state index in [1.54, 1.807) is 11.3 Å². The summed E-state index contributed by atoms with van der Waals surface area (Å²) in [4.78, 5) is 24.1. The van der Waals surface area contributed by atoms with Gasteiger partial charge in [0.1, 0.15) is 0 Å². The second-order valence-corrected chi connectivity index (χ2v) is 7.41. The van der Waals surface area contributed by atoms with Gasteiger partial charge in [0.2, 0.25) is 5.91 Å². The Kier molecular flexibility index (Phi) is 4.71. The molecule has 0 radical (unpaired) electrons. The SMILES string of the molecule is CC1=C(C)C[C@@H](C(=O)NCc2csc3ccccc23)[C@@H](C(=O)O)C1. The summed E-state index contributed by atoms with van der Waals surface area (Å²) >= 11 is 1.65. The van der Waals surface area contributed by atoms with Gasteiger partial charge in [-0.2, -0.15) is 0 Å². The van der Waals surface area contributed by atoms with Gasteiger partial charge < -0.3 is 10.4 Å². The van der Waals surface area contributed by atoms with Crippen molar-refractivity contribution >= 4 is 33.3 Å². The summed E-state index contributed by atoms with van der Waals surface area (Å²) in [7, 11) is 0. The molecule has 1 aliphatic carbocycles. The van der Waals surface area contributed by atoms with Crippen molar-refractivity contribution in [3.63, 3.8) is 0 Å². The van der Waals surface area contributed by atoms with Crippen molar-refractivity contribution in [2.45, 2.75) is 33.2 Å². The lowest BCUT2D eigenvalue weighted by Crippen LogP contribution is -2.39. The highest BCUT2D eigenvalue weighted by Gasteiger charge is 2.37. The number of carboxylic acids is 1. The van der Waals surface area contributed by atoms with Crippen LogP contribution in [-0.4, -0.2) is 17.0 Å². The smallest absolute Gasteiger partial charge is 0.307 e. The average Bonchev–Trinajstić information content (AvgIpc) is 2.97. The van der Waals surface area contributed by atoms with Crippen LogP contribution in [0.5, 0.6) is 0 Å². The molecule has 1 amide bonds. The molecule has 2 atom stereocenters. The zero-order chi connectivity index (χ0) is 17.3. The molecule has 1 aromatic heterocycles. The van der Waals surface area contributed by atoms with E-state index in [1.165, 1.54) is 4.70 Å². The van der Waals surface area contributed by atoms with E-state index in [0.29, 0.717) is 19.4 Å². The van der Waals surface area contributed by atoms with Gasteiger partial charge in [0.25, 0.3) is 0 Å². The number of benzene rings is 1. The number of hydrogen-bond donors (Lipinski definition) is 2. The highest BCUT2D eigenvalue weighted by molar-refractivity contribution is 7.17. The number of carboxylic acid groups (broad SMARTS) is 1. The average molecular weight is 343 g/mol. The second-order valence-electron chi connectivity index (χ2n) is 6.50. The quantitative estimate of drug-likeness (QED) is 0.826. The van der Waals surface area contributed by atoms with E-state index < -0.39 is 17.8 Å². The first-order chi connectivity index (χ1) is 11.5. The van der Waals surface area contributed by atoms with Crippen LogP contribution in [-0.2, 0) is 16.1 Å². The van der Waals surface area contributed by atoms with Crippen LogP contribution in [0.25, 0.3) is 10.1 Å². The minimum absolute atomic E-state index is 0.162. The molecule has 1 heterocycles. The van der Waals surface area contributed by atoms with Crippen molar-refractivity contribution in [2.75, 3.05) is 0 Å². The molecule has 0 saturated carbocycles. The maximum Gasteiger partial charge on any atom is 0.307 e. The standard InChI is InChI=1S/C19H21NO3S/c1-11-7-15(16(19(22)23)8-12(11)2)18(21)20-9-13-10-24-17-6-4-3-5-14(13)17/h3-6,10,15-16H,7-9H2,1-2H3,(H,20,21)(H,22,23)/t15-,16+/m1/s1.